The van der Waals surface area contributed by atoms with E-state index in [-0.39, 0.29) is 24.3 Å². The zero-order valence-electron chi connectivity index (χ0n) is 20.8. The number of carbonyl (C=O) groups excluding carboxylic acids is 2. The van der Waals surface area contributed by atoms with E-state index >= 15 is 0 Å². The smallest absolute Gasteiger partial charge is 0.251 e. The molecule has 0 radical (unpaired) electrons. The number of carbonyl (C=O) groups is 2. The molecule has 2 aromatic heterocycles. The van der Waals surface area contributed by atoms with Gasteiger partial charge in [0.05, 0.1) is 13.4 Å². The second-order valence-corrected chi connectivity index (χ2v) is 9.02. The lowest BCUT2D eigenvalue weighted by Gasteiger charge is -2.30. The molecule has 11 heteroatoms. The summed E-state index contributed by atoms with van der Waals surface area (Å²) in [7, 11) is 1.58. The first-order chi connectivity index (χ1) is 18.5. The Balaban J connectivity index is 1.45. The number of amides is 2. The monoisotopic (exact) mass is 518 g/mol. The number of tetrazole rings is 1. The summed E-state index contributed by atoms with van der Waals surface area (Å²) in [6, 6.07) is 14.7. The molecule has 1 aliphatic rings. The van der Waals surface area contributed by atoms with Gasteiger partial charge in [0, 0.05) is 17.3 Å². The molecule has 1 atom stereocenters. The molecule has 2 aromatic carbocycles. The van der Waals surface area contributed by atoms with Crippen LogP contribution >= 0.6 is 0 Å². The van der Waals surface area contributed by atoms with Gasteiger partial charge in [0.2, 0.25) is 5.82 Å². The number of nitrogens with one attached hydrogen (secondary N) is 1. The van der Waals surface area contributed by atoms with Crippen LogP contribution < -0.4 is 15.0 Å². The van der Waals surface area contributed by atoms with Gasteiger partial charge in [-0.2, -0.15) is 4.80 Å². The van der Waals surface area contributed by atoms with Crippen molar-refractivity contribution in [2.24, 2.45) is 0 Å². The number of aromatic nitrogens is 4. The quantitative estimate of drug-likeness (QED) is 0.357. The maximum absolute atomic E-state index is 13.8. The van der Waals surface area contributed by atoms with E-state index in [1.807, 2.05) is 0 Å². The maximum Gasteiger partial charge on any atom is 0.251 e. The van der Waals surface area contributed by atoms with Crippen LogP contribution in [0.25, 0.3) is 11.4 Å². The molecule has 0 spiro atoms. The van der Waals surface area contributed by atoms with E-state index in [9.17, 15) is 14.0 Å². The van der Waals surface area contributed by atoms with Crippen LogP contribution in [-0.2, 0) is 16.1 Å². The van der Waals surface area contributed by atoms with Crippen molar-refractivity contribution >= 4 is 17.5 Å². The van der Waals surface area contributed by atoms with Crippen molar-refractivity contribution in [2.45, 2.75) is 44.3 Å². The van der Waals surface area contributed by atoms with Gasteiger partial charge in [0.1, 0.15) is 23.9 Å². The third kappa shape index (κ3) is 5.56. The first kappa shape index (κ1) is 25.1. The molecule has 2 heterocycles. The fourth-order valence-electron chi connectivity index (χ4n) is 4.57. The first-order valence-electron chi connectivity index (χ1n) is 12.4. The van der Waals surface area contributed by atoms with Crippen LogP contribution in [0.4, 0.5) is 10.1 Å². The third-order valence-electron chi connectivity index (χ3n) is 6.47. The van der Waals surface area contributed by atoms with Crippen LogP contribution in [0.15, 0.2) is 71.3 Å². The number of rotatable bonds is 9. The highest BCUT2D eigenvalue weighted by Crippen LogP contribution is 2.30. The normalized spacial score (nSPS) is 14.3. The lowest BCUT2D eigenvalue weighted by atomic mass is 10.1. The molecule has 0 saturated heterocycles. The molecule has 0 aliphatic heterocycles. The second-order valence-electron chi connectivity index (χ2n) is 9.02. The van der Waals surface area contributed by atoms with E-state index in [1.165, 1.54) is 35.4 Å². The predicted molar refractivity (Wildman–Crippen MR) is 136 cm³/mol. The number of benzene rings is 2. The van der Waals surface area contributed by atoms with Gasteiger partial charge in [-0.3, -0.25) is 14.5 Å². The minimum Gasteiger partial charge on any atom is -0.497 e. The van der Waals surface area contributed by atoms with E-state index in [4.69, 9.17) is 9.15 Å². The average molecular weight is 519 g/mol. The van der Waals surface area contributed by atoms with Gasteiger partial charge in [-0.1, -0.05) is 12.8 Å². The highest BCUT2D eigenvalue weighted by Gasteiger charge is 2.36. The first-order valence-corrected chi connectivity index (χ1v) is 12.4. The summed E-state index contributed by atoms with van der Waals surface area (Å²) in [5.74, 6) is -0.0495. The summed E-state index contributed by atoms with van der Waals surface area (Å²) >= 11 is 0. The van der Waals surface area contributed by atoms with Gasteiger partial charge in [0.25, 0.3) is 11.8 Å². The molecule has 2 amide bonds. The Morgan fingerprint density at radius 2 is 1.87 bits per heavy atom. The molecule has 1 aliphatic carbocycles. The zero-order chi connectivity index (χ0) is 26.5. The molecule has 38 heavy (non-hydrogen) atoms. The number of halogens is 1. The lowest BCUT2D eigenvalue weighted by Crippen LogP contribution is -2.47. The van der Waals surface area contributed by atoms with Crippen molar-refractivity contribution in [3.63, 3.8) is 0 Å². The van der Waals surface area contributed by atoms with Gasteiger partial charge in [-0.25, -0.2) is 4.39 Å². The second kappa shape index (κ2) is 11.2. The van der Waals surface area contributed by atoms with Crippen LogP contribution in [0.2, 0.25) is 0 Å². The number of hydrogen-bond donors (Lipinski definition) is 1. The maximum atomic E-state index is 13.8. The number of furan rings is 1. The Labute approximate surface area is 218 Å². The van der Waals surface area contributed by atoms with Crippen LogP contribution in [-0.4, -0.2) is 45.2 Å². The number of methoxy groups -OCH3 is 1. The summed E-state index contributed by atoms with van der Waals surface area (Å²) in [5, 5.41) is 15.5. The highest BCUT2D eigenvalue weighted by molar-refractivity contribution is 6.01. The van der Waals surface area contributed by atoms with Crippen LogP contribution in [0.5, 0.6) is 5.75 Å². The van der Waals surface area contributed by atoms with E-state index in [0.29, 0.717) is 22.8 Å². The molecule has 4 aromatic rings. The molecular formula is C27H27FN6O4. The van der Waals surface area contributed by atoms with Crippen molar-refractivity contribution in [3.8, 4) is 17.1 Å². The number of hydrogen-bond acceptors (Lipinski definition) is 7. The lowest BCUT2D eigenvalue weighted by molar-refractivity contribution is -0.128. The Morgan fingerprint density at radius 1 is 1.13 bits per heavy atom. The summed E-state index contributed by atoms with van der Waals surface area (Å²) in [6.07, 6.45) is 5.26. The number of ether oxygens (including phenoxy) is 1. The van der Waals surface area contributed by atoms with E-state index in [0.717, 1.165) is 30.5 Å². The fraction of sp³-hybridized carbons (Fsp3) is 0.296. The van der Waals surface area contributed by atoms with Crippen molar-refractivity contribution in [3.05, 3.63) is 78.5 Å². The highest BCUT2D eigenvalue weighted by atomic mass is 19.1. The molecular weight excluding hydrogens is 491 g/mol. The van der Waals surface area contributed by atoms with Crippen molar-refractivity contribution in [1.29, 1.82) is 0 Å². The van der Waals surface area contributed by atoms with E-state index in [2.05, 4.69) is 20.7 Å². The SMILES string of the molecule is COc1ccc(-c2nnn(CC(=O)N(c3ccc(F)cc3)[C@@H](C(=O)NC3CCCC3)c3ccco3)n2)cc1. The molecule has 5 rings (SSSR count). The Morgan fingerprint density at radius 3 is 2.53 bits per heavy atom. The molecule has 0 bridgehead atoms. The minimum atomic E-state index is -1.12. The molecule has 1 fully saturated rings. The van der Waals surface area contributed by atoms with Gasteiger partial charge >= 0.3 is 0 Å². The third-order valence-corrected chi connectivity index (χ3v) is 6.47. The van der Waals surface area contributed by atoms with Crippen LogP contribution in [0.1, 0.15) is 37.5 Å². The fourth-order valence-corrected chi connectivity index (χ4v) is 4.57. The van der Waals surface area contributed by atoms with Crippen LogP contribution in [0.3, 0.4) is 0 Å². The summed E-state index contributed by atoms with van der Waals surface area (Å²) in [5.41, 5.74) is 1.03. The Kier molecular flexibility index (Phi) is 7.43. The van der Waals surface area contributed by atoms with Gasteiger partial charge in [-0.05, 0) is 78.7 Å². The molecule has 1 saturated carbocycles. The van der Waals surface area contributed by atoms with E-state index in [1.54, 1.807) is 43.5 Å². The molecule has 196 valence electrons. The average Bonchev–Trinajstić information content (AvgIpc) is 3.72. The largest absolute Gasteiger partial charge is 0.497 e. The summed E-state index contributed by atoms with van der Waals surface area (Å²) in [6.45, 7) is -0.311. The molecule has 10 nitrogen and oxygen atoms in total. The summed E-state index contributed by atoms with van der Waals surface area (Å²) < 4.78 is 24.5. The van der Waals surface area contributed by atoms with Gasteiger partial charge in [-0.15, -0.1) is 10.2 Å². The zero-order valence-corrected chi connectivity index (χ0v) is 20.8. The minimum absolute atomic E-state index is 0.0224. The topological polar surface area (TPSA) is 115 Å². The van der Waals surface area contributed by atoms with Crippen molar-refractivity contribution < 1.29 is 23.1 Å². The van der Waals surface area contributed by atoms with Crippen LogP contribution in [0, 0.1) is 5.82 Å². The Bertz CT molecular complexity index is 1370. The standard InChI is InChI=1S/C27H27FN6O4/c1-37-22-14-8-18(9-15-22)26-30-32-33(31-26)17-24(35)34(21-12-10-19(28)11-13-21)25(23-7-4-16-38-23)27(36)29-20-5-2-3-6-20/h4,7-16,20,25H,2-3,5-6,17H2,1H3,(H,29,36)/t25-/m1/s1. The van der Waals surface area contributed by atoms with Crippen molar-refractivity contribution in [1.82, 2.24) is 25.5 Å². The van der Waals surface area contributed by atoms with Gasteiger partial charge < -0.3 is 14.5 Å². The Hall–Kier alpha value is -4.54. The van der Waals surface area contributed by atoms with Gasteiger partial charge in [0.15, 0.2) is 6.04 Å². The van der Waals surface area contributed by atoms with Crippen molar-refractivity contribution in [2.75, 3.05) is 12.0 Å². The number of anilines is 1. The molecule has 0 unspecified atom stereocenters. The molecule has 1 N–H and O–H groups in total. The predicted octanol–water partition coefficient (Wildman–Crippen LogP) is 3.91. The summed E-state index contributed by atoms with van der Waals surface area (Å²) in [4.78, 5) is 29.8. The van der Waals surface area contributed by atoms with E-state index < -0.39 is 17.8 Å². The number of nitrogens with zero attached hydrogens (tertiary/aromatic N) is 5.